The van der Waals surface area contributed by atoms with E-state index in [1.54, 1.807) is 25.2 Å². The summed E-state index contributed by atoms with van der Waals surface area (Å²) in [7, 11) is 3.15. The first-order valence-electron chi connectivity index (χ1n) is 9.43. The summed E-state index contributed by atoms with van der Waals surface area (Å²) in [6.45, 7) is 4.54. The number of carbonyl (C=O) groups excluding carboxylic acids is 1. The standard InChI is InChI=1S/C22H25N3O4/c1-5-24(13-16-10-11-19(28-3)20(12-16)29-4)21(26)14-25-22(27)18-9-7-6-8-17(18)15(2)23-25/h6-12H,5,13-14H2,1-4H3. The number of ether oxygens (including phenoxy) is 2. The fourth-order valence-electron chi connectivity index (χ4n) is 3.32. The highest BCUT2D eigenvalue weighted by atomic mass is 16.5. The van der Waals surface area contributed by atoms with Crippen molar-refractivity contribution in [1.82, 2.24) is 14.7 Å². The van der Waals surface area contributed by atoms with Crippen LogP contribution in [0.3, 0.4) is 0 Å². The molecule has 0 saturated carbocycles. The van der Waals surface area contributed by atoms with Crippen LogP contribution in [-0.2, 0) is 17.9 Å². The van der Waals surface area contributed by atoms with E-state index >= 15 is 0 Å². The van der Waals surface area contributed by atoms with Gasteiger partial charge in [0.05, 0.1) is 25.3 Å². The summed E-state index contributed by atoms with van der Waals surface area (Å²) < 4.78 is 11.8. The van der Waals surface area contributed by atoms with Crippen LogP contribution >= 0.6 is 0 Å². The van der Waals surface area contributed by atoms with Gasteiger partial charge in [-0.3, -0.25) is 9.59 Å². The minimum absolute atomic E-state index is 0.106. The lowest BCUT2D eigenvalue weighted by molar-refractivity contribution is -0.132. The zero-order chi connectivity index (χ0) is 21.0. The maximum absolute atomic E-state index is 12.9. The molecule has 7 heteroatoms. The van der Waals surface area contributed by atoms with E-state index in [0.717, 1.165) is 16.6 Å². The Morgan fingerprint density at radius 2 is 1.76 bits per heavy atom. The molecule has 1 aromatic heterocycles. The van der Waals surface area contributed by atoms with Crippen LogP contribution in [0.4, 0.5) is 0 Å². The smallest absolute Gasteiger partial charge is 0.275 e. The van der Waals surface area contributed by atoms with E-state index in [4.69, 9.17) is 9.47 Å². The molecule has 1 amide bonds. The molecule has 0 atom stereocenters. The summed E-state index contributed by atoms with van der Waals surface area (Å²) in [6, 6.07) is 12.8. The Labute approximate surface area is 169 Å². The van der Waals surface area contributed by atoms with E-state index in [2.05, 4.69) is 5.10 Å². The van der Waals surface area contributed by atoms with Crippen LogP contribution in [0.25, 0.3) is 10.8 Å². The van der Waals surface area contributed by atoms with E-state index < -0.39 is 0 Å². The minimum atomic E-state index is -0.262. The summed E-state index contributed by atoms with van der Waals surface area (Å²) >= 11 is 0. The maximum atomic E-state index is 12.9. The molecular weight excluding hydrogens is 370 g/mol. The van der Waals surface area contributed by atoms with Gasteiger partial charge < -0.3 is 14.4 Å². The van der Waals surface area contributed by atoms with Gasteiger partial charge in [-0.1, -0.05) is 24.3 Å². The Balaban J connectivity index is 1.83. The van der Waals surface area contributed by atoms with Crippen molar-refractivity contribution < 1.29 is 14.3 Å². The molecule has 2 aromatic carbocycles. The van der Waals surface area contributed by atoms with Crippen LogP contribution < -0.4 is 15.0 Å². The molecule has 0 bridgehead atoms. The summed E-state index contributed by atoms with van der Waals surface area (Å²) in [5, 5.41) is 5.70. The Hall–Kier alpha value is -3.35. The number of amides is 1. The predicted molar refractivity (Wildman–Crippen MR) is 111 cm³/mol. The molecule has 0 unspecified atom stereocenters. The number of aromatic nitrogens is 2. The van der Waals surface area contributed by atoms with E-state index in [9.17, 15) is 9.59 Å². The minimum Gasteiger partial charge on any atom is -0.493 e. The molecule has 7 nitrogen and oxygen atoms in total. The van der Waals surface area contributed by atoms with Gasteiger partial charge in [0.2, 0.25) is 5.91 Å². The molecule has 0 saturated heterocycles. The lowest BCUT2D eigenvalue weighted by atomic mass is 10.1. The summed E-state index contributed by atoms with van der Waals surface area (Å²) in [5.41, 5.74) is 1.37. The molecule has 3 rings (SSSR count). The molecule has 152 valence electrons. The first-order chi connectivity index (χ1) is 14.0. The number of likely N-dealkylation sites (N-methyl/N-ethyl adjacent to an activating group) is 1. The molecule has 29 heavy (non-hydrogen) atoms. The van der Waals surface area contributed by atoms with Crippen molar-refractivity contribution in [3.05, 3.63) is 64.1 Å². The molecule has 0 fully saturated rings. The van der Waals surface area contributed by atoms with Gasteiger partial charge in [0.1, 0.15) is 6.54 Å². The van der Waals surface area contributed by atoms with Crippen molar-refractivity contribution in [2.45, 2.75) is 26.9 Å². The van der Waals surface area contributed by atoms with E-state index in [-0.39, 0.29) is 18.0 Å². The van der Waals surface area contributed by atoms with Gasteiger partial charge in [-0.15, -0.1) is 0 Å². The molecule has 3 aromatic rings. The third-order valence-corrected chi connectivity index (χ3v) is 4.89. The van der Waals surface area contributed by atoms with Crippen LogP contribution in [0.5, 0.6) is 11.5 Å². The normalized spacial score (nSPS) is 10.8. The summed E-state index contributed by atoms with van der Waals surface area (Å²) in [4.78, 5) is 27.3. The number of nitrogens with zero attached hydrogens (tertiary/aromatic N) is 3. The Bertz CT molecular complexity index is 1090. The fourth-order valence-corrected chi connectivity index (χ4v) is 3.32. The number of fused-ring (bicyclic) bond motifs is 1. The van der Waals surface area contributed by atoms with Crippen LogP contribution in [0.2, 0.25) is 0 Å². The molecule has 0 aliphatic carbocycles. The Morgan fingerprint density at radius 3 is 2.41 bits per heavy atom. The highest BCUT2D eigenvalue weighted by molar-refractivity contribution is 5.83. The van der Waals surface area contributed by atoms with Crippen LogP contribution in [0, 0.1) is 6.92 Å². The lowest BCUT2D eigenvalue weighted by Gasteiger charge is -2.22. The van der Waals surface area contributed by atoms with Gasteiger partial charge in [-0.25, -0.2) is 4.68 Å². The molecular formula is C22H25N3O4. The van der Waals surface area contributed by atoms with Gasteiger partial charge in [-0.05, 0) is 37.6 Å². The zero-order valence-corrected chi connectivity index (χ0v) is 17.1. The number of hydrogen-bond acceptors (Lipinski definition) is 5. The molecule has 0 radical (unpaired) electrons. The summed E-state index contributed by atoms with van der Waals surface area (Å²) in [6.07, 6.45) is 0. The topological polar surface area (TPSA) is 73.7 Å². The van der Waals surface area contributed by atoms with Gasteiger partial charge in [0, 0.05) is 18.5 Å². The van der Waals surface area contributed by atoms with Gasteiger partial charge in [0.15, 0.2) is 11.5 Å². The van der Waals surface area contributed by atoms with Gasteiger partial charge in [-0.2, -0.15) is 5.10 Å². The maximum Gasteiger partial charge on any atom is 0.275 e. The second-order valence-electron chi connectivity index (χ2n) is 6.69. The monoisotopic (exact) mass is 395 g/mol. The molecule has 1 heterocycles. The Kier molecular flexibility index (Phi) is 6.16. The van der Waals surface area contributed by atoms with Crippen LogP contribution in [0.15, 0.2) is 47.3 Å². The average molecular weight is 395 g/mol. The fraction of sp³-hybridized carbons (Fsp3) is 0.318. The van der Waals surface area contributed by atoms with E-state index in [1.807, 2.05) is 50.2 Å². The molecule has 0 aliphatic heterocycles. The molecule has 0 spiro atoms. The van der Waals surface area contributed by atoms with Crippen molar-refractivity contribution in [3.8, 4) is 11.5 Å². The van der Waals surface area contributed by atoms with Crippen LogP contribution in [0.1, 0.15) is 18.2 Å². The number of carbonyl (C=O) groups is 1. The second kappa shape index (κ2) is 8.77. The largest absolute Gasteiger partial charge is 0.493 e. The van der Waals surface area contributed by atoms with E-state index in [0.29, 0.717) is 30.0 Å². The van der Waals surface area contributed by atoms with Crippen molar-refractivity contribution >= 4 is 16.7 Å². The molecule has 0 aliphatic rings. The van der Waals surface area contributed by atoms with Crippen molar-refractivity contribution in [3.63, 3.8) is 0 Å². The SMILES string of the molecule is CCN(Cc1ccc(OC)c(OC)c1)C(=O)Cn1nc(C)c2ccccc2c1=O. The zero-order valence-electron chi connectivity index (χ0n) is 17.1. The third-order valence-electron chi connectivity index (χ3n) is 4.89. The van der Waals surface area contributed by atoms with Crippen molar-refractivity contribution in [1.29, 1.82) is 0 Å². The first-order valence-corrected chi connectivity index (χ1v) is 9.43. The highest BCUT2D eigenvalue weighted by Gasteiger charge is 2.17. The van der Waals surface area contributed by atoms with Gasteiger partial charge in [0.25, 0.3) is 5.56 Å². The average Bonchev–Trinajstić information content (AvgIpc) is 2.75. The first kappa shape index (κ1) is 20.4. The van der Waals surface area contributed by atoms with Crippen molar-refractivity contribution in [2.24, 2.45) is 0 Å². The number of aryl methyl sites for hydroxylation is 1. The quantitative estimate of drug-likeness (QED) is 0.615. The number of methoxy groups -OCH3 is 2. The van der Waals surface area contributed by atoms with Crippen molar-refractivity contribution in [2.75, 3.05) is 20.8 Å². The lowest BCUT2D eigenvalue weighted by Crippen LogP contribution is -2.37. The second-order valence-corrected chi connectivity index (χ2v) is 6.69. The number of rotatable bonds is 7. The Morgan fingerprint density at radius 1 is 1.07 bits per heavy atom. The molecule has 0 N–H and O–H groups in total. The van der Waals surface area contributed by atoms with E-state index in [1.165, 1.54) is 4.68 Å². The predicted octanol–water partition coefficient (Wildman–Crippen LogP) is 2.77. The highest BCUT2D eigenvalue weighted by Crippen LogP contribution is 2.28. The van der Waals surface area contributed by atoms with Gasteiger partial charge >= 0.3 is 0 Å². The number of hydrogen-bond donors (Lipinski definition) is 0. The van der Waals surface area contributed by atoms with Crippen LogP contribution in [-0.4, -0.2) is 41.4 Å². The third kappa shape index (κ3) is 4.23. The number of benzene rings is 2. The summed E-state index contributed by atoms with van der Waals surface area (Å²) in [5.74, 6) is 1.07.